The van der Waals surface area contributed by atoms with Gasteiger partial charge in [0.2, 0.25) is 0 Å². The fraction of sp³-hybridized carbons (Fsp3) is 0.143. The van der Waals surface area contributed by atoms with E-state index in [1.807, 2.05) is 18.2 Å². The van der Waals surface area contributed by atoms with Crippen LogP contribution in [0.1, 0.15) is 11.1 Å². The number of hydrogen-bond acceptors (Lipinski definition) is 1. The number of halogens is 2. The third-order valence-electron chi connectivity index (χ3n) is 3.08. The Bertz CT molecular complexity index is 578. The van der Waals surface area contributed by atoms with Crippen LogP contribution in [0.2, 0.25) is 0 Å². The van der Waals surface area contributed by atoms with Crippen molar-refractivity contribution in [1.82, 2.24) is 5.32 Å². The summed E-state index contributed by atoms with van der Waals surface area (Å²) in [6, 6.07) is 9.51. The highest BCUT2D eigenvalue weighted by Crippen LogP contribution is 2.27. The summed E-state index contributed by atoms with van der Waals surface area (Å²) in [5.74, 6) is -1.06. The maximum atomic E-state index is 13.6. The quantitative estimate of drug-likeness (QED) is 0.794. The molecule has 0 radical (unpaired) electrons. The Morgan fingerprint density at radius 3 is 2.53 bits per heavy atom. The Labute approximate surface area is 98.1 Å². The van der Waals surface area contributed by atoms with E-state index in [-0.39, 0.29) is 0 Å². The van der Waals surface area contributed by atoms with Gasteiger partial charge in [-0.1, -0.05) is 12.1 Å². The lowest BCUT2D eigenvalue weighted by atomic mass is 10.0. The van der Waals surface area contributed by atoms with Gasteiger partial charge in [-0.15, -0.1) is 0 Å². The van der Waals surface area contributed by atoms with Gasteiger partial charge in [0.15, 0.2) is 0 Å². The van der Waals surface area contributed by atoms with Crippen molar-refractivity contribution in [3.63, 3.8) is 0 Å². The highest BCUT2D eigenvalue weighted by atomic mass is 19.1. The first-order chi connectivity index (χ1) is 8.24. The average molecular weight is 231 g/mol. The molecule has 0 saturated heterocycles. The molecule has 0 aromatic heterocycles. The maximum absolute atomic E-state index is 13.6. The minimum Gasteiger partial charge on any atom is -0.309 e. The standard InChI is InChI=1S/C14H11F2N/c15-12-3-4-13(14(16)6-12)9-1-2-10-7-17-8-11(10)5-9/h1-6,17H,7-8H2. The topological polar surface area (TPSA) is 12.0 Å². The molecule has 0 aliphatic carbocycles. The van der Waals surface area contributed by atoms with Crippen molar-refractivity contribution in [1.29, 1.82) is 0 Å². The first kappa shape index (κ1) is 10.4. The zero-order valence-electron chi connectivity index (χ0n) is 9.13. The van der Waals surface area contributed by atoms with Crippen LogP contribution in [0, 0.1) is 11.6 Å². The van der Waals surface area contributed by atoms with Crippen molar-refractivity contribution in [2.75, 3.05) is 0 Å². The van der Waals surface area contributed by atoms with Gasteiger partial charge in [0, 0.05) is 24.7 Å². The van der Waals surface area contributed by atoms with Gasteiger partial charge in [-0.25, -0.2) is 8.78 Å². The monoisotopic (exact) mass is 231 g/mol. The van der Waals surface area contributed by atoms with Crippen molar-refractivity contribution in [3.05, 3.63) is 59.2 Å². The number of fused-ring (bicyclic) bond motifs is 1. The smallest absolute Gasteiger partial charge is 0.133 e. The molecule has 2 aromatic rings. The minimum atomic E-state index is -0.547. The van der Waals surface area contributed by atoms with Crippen molar-refractivity contribution >= 4 is 0 Å². The Balaban J connectivity index is 2.09. The molecule has 1 aliphatic rings. The summed E-state index contributed by atoms with van der Waals surface area (Å²) in [7, 11) is 0. The van der Waals surface area contributed by atoms with E-state index in [4.69, 9.17) is 0 Å². The first-order valence-electron chi connectivity index (χ1n) is 5.52. The van der Waals surface area contributed by atoms with Crippen molar-refractivity contribution in [2.45, 2.75) is 13.1 Å². The molecule has 2 aromatic carbocycles. The summed E-state index contributed by atoms with van der Waals surface area (Å²) in [5.41, 5.74) is 3.67. The largest absolute Gasteiger partial charge is 0.309 e. The van der Waals surface area contributed by atoms with Crippen molar-refractivity contribution in [2.24, 2.45) is 0 Å². The number of rotatable bonds is 1. The fourth-order valence-electron chi connectivity index (χ4n) is 2.19. The second-order valence-electron chi connectivity index (χ2n) is 4.21. The lowest BCUT2D eigenvalue weighted by Gasteiger charge is -2.06. The molecule has 3 rings (SSSR count). The van der Waals surface area contributed by atoms with Gasteiger partial charge in [0.05, 0.1) is 0 Å². The highest BCUT2D eigenvalue weighted by molar-refractivity contribution is 5.65. The van der Waals surface area contributed by atoms with E-state index in [1.165, 1.54) is 23.3 Å². The van der Waals surface area contributed by atoms with E-state index in [2.05, 4.69) is 5.32 Å². The van der Waals surface area contributed by atoms with Gasteiger partial charge in [-0.3, -0.25) is 0 Å². The number of benzene rings is 2. The fourth-order valence-corrected chi connectivity index (χ4v) is 2.19. The minimum absolute atomic E-state index is 0.445. The molecule has 0 saturated carbocycles. The Kier molecular flexibility index (Phi) is 2.41. The highest BCUT2D eigenvalue weighted by Gasteiger charge is 2.12. The Morgan fingerprint density at radius 2 is 1.71 bits per heavy atom. The van der Waals surface area contributed by atoms with Crippen LogP contribution in [-0.2, 0) is 13.1 Å². The van der Waals surface area contributed by atoms with E-state index in [0.29, 0.717) is 5.56 Å². The van der Waals surface area contributed by atoms with Crippen LogP contribution >= 0.6 is 0 Å². The summed E-state index contributed by atoms with van der Waals surface area (Å²) >= 11 is 0. The van der Waals surface area contributed by atoms with Crippen LogP contribution in [0.3, 0.4) is 0 Å². The molecule has 0 atom stereocenters. The maximum Gasteiger partial charge on any atom is 0.133 e. The molecule has 1 aliphatic heterocycles. The average Bonchev–Trinajstić information content (AvgIpc) is 2.75. The van der Waals surface area contributed by atoms with Crippen LogP contribution in [-0.4, -0.2) is 0 Å². The lowest BCUT2D eigenvalue weighted by molar-refractivity contribution is 0.585. The van der Waals surface area contributed by atoms with Crippen LogP contribution < -0.4 is 5.32 Å². The number of nitrogens with one attached hydrogen (secondary N) is 1. The predicted molar refractivity (Wildman–Crippen MR) is 62.3 cm³/mol. The molecule has 3 heteroatoms. The zero-order chi connectivity index (χ0) is 11.8. The molecule has 0 spiro atoms. The van der Waals surface area contributed by atoms with E-state index >= 15 is 0 Å². The van der Waals surface area contributed by atoms with Crippen molar-refractivity contribution < 1.29 is 8.78 Å². The van der Waals surface area contributed by atoms with Crippen LogP contribution in [0.4, 0.5) is 8.78 Å². The van der Waals surface area contributed by atoms with E-state index in [9.17, 15) is 8.78 Å². The van der Waals surface area contributed by atoms with Gasteiger partial charge < -0.3 is 5.32 Å². The lowest BCUT2D eigenvalue weighted by Crippen LogP contribution is -1.99. The molecule has 1 N–H and O–H groups in total. The molecule has 1 nitrogen and oxygen atoms in total. The number of hydrogen-bond donors (Lipinski definition) is 1. The molecule has 0 unspecified atom stereocenters. The third kappa shape index (κ3) is 1.83. The van der Waals surface area contributed by atoms with Crippen LogP contribution in [0.5, 0.6) is 0 Å². The Morgan fingerprint density at radius 1 is 0.882 bits per heavy atom. The van der Waals surface area contributed by atoms with Gasteiger partial charge in [-0.05, 0) is 34.9 Å². The first-order valence-corrected chi connectivity index (χ1v) is 5.52. The predicted octanol–water partition coefficient (Wildman–Crippen LogP) is 3.24. The van der Waals surface area contributed by atoms with Gasteiger partial charge >= 0.3 is 0 Å². The summed E-state index contributed by atoms with van der Waals surface area (Å²) in [5, 5.41) is 3.24. The summed E-state index contributed by atoms with van der Waals surface area (Å²) in [6.07, 6.45) is 0. The van der Waals surface area contributed by atoms with E-state index < -0.39 is 11.6 Å². The zero-order valence-corrected chi connectivity index (χ0v) is 9.13. The normalized spacial score (nSPS) is 13.8. The van der Waals surface area contributed by atoms with Gasteiger partial charge in [0.25, 0.3) is 0 Å². The molecule has 0 bridgehead atoms. The SMILES string of the molecule is Fc1ccc(-c2ccc3c(c2)CNC3)c(F)c1. The Hall–Kier alpha value is -1.74. The molecule has 1 heterocycles. The van der Waals surface area contributed by atoms with Crippen molar-refractivity contribution in [3.8, 4) is 11.1 Å². The van der Waals surface area contributed by atoms with E-state index in [0.717, 1.165) is 24.7 Å². The summed E-state index contributed by atoms with van der Waals surface area (Å²) < 4.78 is 26.5. The van der Waals surface area contributed by atoms with Gasteiger partial charge in [0.1, 0.15) is 11.6 Å². The summed E-state index contributed by atoms with van der Waals surface area (Å²) in [4.78, 5) is 0. The molecular formula is C14H11F2N. The molecular weight excluding hydrogens is 220 g/mol. The molecule has 0 amide bonds. The molecule has 86 valence electrons. The second-order valence-corrected chi connectivity index (χ2v) is 4.21. The van der Waals surface area contributed by atoms with Crippen LogP contribution in [0.15, 0.2) is 36.4 Å². The van der Waals surface area contributed by atoms with Gasteiger partial charge in [-0.2, -0.15) is 0 Å². The molecule has 17 heavy (non-hydrogen) atoms. The molecule has 0 fully saturated rings. The van der Waals surface area contributed by atoms with E-state index in [1.54, 1.807) is 0 Å². The second kappa shape index (κ2) is 3.93. The third-order valence-corrected chi connectivity index (χ3v) is 3.08. The summed E-state index contributed by atoms with van der Waals surface area (Å²) in [6.45, 7) is 1.67. The van der Waals surface area contributed by atoms with Crippen LogP contribution in [0.25, 0.3) is 11.1 Å².